The normalized spacial score (nSPS) is 15.1. The highest BCUT2D eigenvalue weighted by atomic mass is 19.4. The van der Waals surface area contributed by atoms with Crippen molar-refractivity contribution in [3.63, 3.8) is 0 Å². The molecule has 1 saturated heterocycles. The molecule has 158 valence electrons. The summed E-state index contributed by atoms with van der Waals surface area (Å²) in [6.45, 7) is 1.46. The monoisotopic (exact) mass is 421 g/mol. The lowest BCUT2D eigenvalue weighted by Gasteiger charge is -2.35. The number of anilines is 1. The number of hydrogen-bond donors (Lipinski definition) is 0. The van der Waals surface area contributed by atoms with Gasteiger partial charge in [-0.1, -0.05) is 0 Å². The van der Waals surface area contributed by atoms with Crippen LogP contribution in [0.15, 0.2) is 35.6 Å². The maximum Gasteiger partial charge on any atom is 0.417 e. The van der Waals surface area contributed by atoms with E-state index in [2.05, 4.69) is 15.1 Å². The van der Waals surface area contributed by atoms with Gasteiger partial charge in [-0.05, 0) is 12.1 Å². The summed E-state index contributed by atoms with van der Waals surface area (Å²) in [4.78, 5) is 36.6. The highest BCUT2D eigenvalue weighted by Crippen LogP contribution is 2.29. The number of aromatic nitrogens is 5. The summed E-state index contributed by atoms with van der Waals surface area (Å²) in [6, 6.07) is 2.32. The SMILES string of the molecule is Cn1ncc2c(=O)n(CC(=O)N3CCN(c4ccc(C(F)(F)F)cn4)CC3)cnc21. The molecule has 0 bridgehead atoms. The molecule has 0 atom stereocenters. The highest BCUT2D eigenvalue weighted by molar-refractivity contribution is 5.77. The molecule has 0 unspecified atom stereocenters. The minimum atomic E-state index is -4.43. The predicted molar refractivity (Wildman–Crippen MR) is 101 cm³/mol. The van der Waals surface area contributed by atoms with E-state index in [0.717, 1.165) is 12.3 Å². The van der Waals surface area contributed by atoms with E-state index in [1.807, 2.05) is 4.90 Å². The second kappa shape index (κ2) is 7.43. The number of piperazine rings is 1. The number of pyridine rings is 1. The topological polar surface area (TPSA) is 89.2 Å². The molecular formula is C18H18F3N7O2. The molecule has 0 spiro atoms. The van der Waals surface area contributed by atoms with Crippen LogP contribution in [0.1, 0.15) is 5.56 Å². The molecule has 4 heterocycles. The van der Waals surface area contributed by atoms with Crippen LogP contribution in [0.5, 0.6) is 0 Å². The van der Waals surface area contributed by atoms with Gasteiger partial charge in [-0.3, -0.25) is 18.8 Å². The van der Waals surface area contributed by atoms with E-state index in [-0.39, 0.29) is 18.0 Å². The average Bonchev–Trinajstić information content (AvgIpc) is 3.11. The summed E-state index contributed by atoms with van der Waals surface area (Å²) in [6.07, 6.45) is -0.878. The molecule has 30 heavy (non-hydrogen) atoms. The Balaban J connectivity index is 1.39. The lowest BCUT2D eigenvalue weighted by molar-refractivity contribution is -0.138. The smallest absolute Gasteiger partial charge is 0.353 e. The van der Waals surface area contributed by atoms with E-state index >= 15 is 0 Å². The Morgan fingerprint density at radius 2 is 1.83 bits per heavy atom. The minimum Gasteiger partial charge on any atom is -0.353 e. The molecule has 0 saturated carbocycles. The Hall–Kier alpha value is -3.44. The van der Waals surface area contributed by atoms with Gasteiger partial charge in [0.05, 0.1) is 11.8 Å². The van der Waals surface area contributed by atoms with E-state index < -0.39 is 11.7 Å². The van der Waals surface area contributed by atoms with Crippen molar-refractivity contribution in [2.45, 2.75) is 12.7 Å². The first-order chi connectivity index (χ1) is 14.2. The van der Waals surface area contributed by atoms with Crippen molar-refractivity contribution in [1.29, 1.82) is 0 Å². The Morgan fingerprint density at radius 3 is 2.47 bits per heavy atom. The van der Waals surface area contributed by atoms with Gasteiger partial charge in [-0.25, -0.2) is 9.97 Å². The third-order valence-corrected chi connectivity index (χ3v) is 5.06. The highest BCUT2D eigenvalue weighted by Gasteiger charge is 2.31. The molecular weight excluding hydrogens is 403 g/mol. The number of carbonyl (C=O) groups excluding carboxylic acids is 1. The first kappa shape index (κ1) is 19.9. The first-order valence-electron chi connectivity index (χ1n) is 9.17. The van der Waals surface area contributed by atoms with Gasteiger partial charge in [-0.15, -0.1) is 0 Å². The fraction of sp³-hybridized carbons (Fsp3) is 0.389. The number of rotatable bonds is 3. The van der Waals surface area contributed by atoms with Gasteiger partial charge in [0.1, 0.15) is 24.1 Å². The van der Waals surface area contributed by atoms with Crippen LogP contribution in [-0.2, 0) is 24.6 Å². The van der Waals surface area contributed by atoms with Gasteiger partial charge in [0.25, 0.3) is 5.56 Å². The average molecular weight is 421 g/mol. The molecule has 9 nitrogen and oxygen atoms in total. The lowest BCUT2D eigenvalue weighted by Crippen LogP contribution is -2.50. The van der Waals surface area contributed by atoms with Crippen LogP contribution in [0.3, 0.4) is 0 Å². The van der Waals surface area contributed by atoms with Crippen molar-refractivity contribution in [2.24, 2.45) is 7.05 Å². The quantitative estimate of drug-likeness (QED) is 0.624. The summed E-state index contributed by atoms with van der Waals surface area (Å²) in [5, 5.41) is 4.33. The Morgan fingerprint density at radius 1 is 1.10 bits per heavy atom. The Kier molecular flexibility index (Phi) is 4.92. The Labute approximate surface area is 168 Å². The molecule has 0 N–H and O–H groups in total. The predicted octanol–water partition coefficient (Wildman–Crippen LogP) is 0.893. The summed E-state index contributed by atoms with van der Waals surface area (Å²) < 4.78 is 40.7. The fourth-order valence-corrected chi connectivity index (χ4v) is 3.35. The van der Waals surface area contributed by atoms with E-state index in [1.54, 1.807) is 11.9 Å². The number of alkyl halides is 3. The van der Waals surface area contributed by atoms with Crippen LogP contribution in [0, 0.1) is 0 Å². The molecule has 0 aliphatic carbocycles. The Bertz CT molecular complexity index is 1130. The van der Waals surface area contributed by atoms with E-state index in [0.29, 0.717) is 43.0 Å². The maximum absolute atomic E-state index is 12.7. The molecule has 4 rings (SSSR count). The molecule has 3 aromatic heterocycles. The van der Waals surface area contributed by atoms with Crippen molar-refractivity contribution < 1.29 is 18.0 Å². The van der Waals surface area contributed by atoms with E-state index in [4.69, 9.17) is 0 Å². The zero-order valence-corrected chi connectivity index (χ0v) is 16.0. The summed E-state index contributed by atoms with van der Waals surface area (Å²) in [5.74, 6) is 0.194. The first-order valence-corrected chi connectivity index (χ1v) is 9.17. The third kappa shape index (κ3) is 3.72. The van der Waals surface area contributed by atoms with Crippen LogP contribution in [0.25, 0.3) is 11.0 Å². The van der Waals surface area contributed by atoms with Gasteiger partial charge < -0.3 is 9.80 Å². The standard InChI is InChI=1S/C18H18F3N7O2/c1-25-16-13(9-24-25)17(30)28(11-23-16)10-15(29)27-6-4-26(5-7-27)14-3-2-12(8-22-14)18(19,20)21/h2-3,8-9,11H,4-7,10H2,1H3. The number of fused-ring (bicyclic) bond motifs is 1. The molecule has 1 aliphatic heterocycles. The molecule has 3 aromatic rings. The molecule has 1 amide bonds. The van der Waals surface area contributed by atoms with Gasteiger partial charge >= 0.3 is 6.18 Å². The second-order valence-corrected chi connectivity index (χ2v) is 6.95. The minimum absolute atomic E-state index is 0.144. The third-order valence-electron chi connectivity index (χ3n) is 5.06. The number of amides is 1. The maximum atomic E-state index is 12.7. The summed E-state index contributed by atoms with van der Waals surface area (Å²) in [7, 11) is 1.68. The van der Waals surface area contributed by atoms with Crippen LogP contribution in [0.4, 0.5) is 19.0 Å². The van der Waals surface area contributed by atoms with Crippen molar-refractivity contribution in [3.8, 4) is 0 Å². The number of nitrogens with zero attached hydrogens (tertiary/aromatic N) is 7. The van der Waals surface area contributed by atoms with Crippen molar-refractivity contribution >= 4 is 22.8 Å². The van der Waals surface area contributed by atoms with Crippen molar-refractivity contribution in [2.75, 3.05) is 31.1 Å². The molecule has 1 aliphatic rings. The van der Waals surface area contributed by atoms with Gasteiger partial charge in [0.15, 0.2) is 5.65 Å². The van der Waals surface area contributed by atoms with Crippen LogP contribution in [0.2, 0.25) is 0 Å². The number of halogens is 3. The largest absolute Gasteiger partial charge is 0.417 e. The van der Waals surface area contributed by atoms with Crippen LogP contribution >= 0.6 is 0 Å². The molecule has 12 heteroatoms. The number of aryl methyl sites for hydroxylation is 1. The zero-order valence-electron chi connectivity index (χ0n) is 16.0. The van der Waals surface area contributed by atoms with E-state index in [1.165, 1.54) is 27.8 Å². The summed E-state index contributed by atoms with van der Waals surface area (Å²) >= 11 is 0. The van der Waals surface area contributed by atoms with Gasteiger partial charge in [-0.2, -0.15) is 18.3 Å². The lowest BCUT2D eigenvalue weighted by atomic mass is 10.2. The summed E-state index contributed by atoms with van der Waals surface area (Å²) in [5.41, 5.74) is -0.694. The zero-order chi connectivity index (χ0) is 21.5. The molecule has 0 aromatic carbocycles. The van der Waals surface area contributed by atoms with E-state index in [9.17, 15) is 22.8 Å². The number of hydrogen-bond acceptors (Lipinski definition) is 6. The van der Waals surface area contributed by atoms with Gasteiger partial charge in [0.2, 0.25) is 5.91 Å². The van der Waals surface area contributed by atoms with Gasteiger partial charge in [0, 0.05) is 39.4 Å². The van der Waals surface area contributed by atoms with Crippen molar-refractivity contribution in [1.82, 2.24) is 29.2 Å². The number of carbonyl (C=O) groups is 1. The molecule has 0 radical (unpaired) electrons. The second-order valence-electron chi connectivity index (χ2n) is 6.95. The fourth-order valence-electron chi connectivity index (χ4n) is 3.35. The van der Waals surface area contributed by atoms with Crippen LogP contribution in [-0.4, -0.2) is 61.3 Å². The van der Waals surface area contributed by atoms with Crippen molar-refractivity contribution in [3.05, 3.63) is 46.8 Å². The molecule has 1 fully saturated rings. The van der Waals surface area contributed by atoms with Crippen LogP contribution < -0.4 is 10.5 Å².